The third-order valence-electron chi connectivity index (χ3n) is 2.69. The summed E-state index contributed by atoms with van der Waals surface area (Å²) in [7, 11) is 0. The van der Waals surface area contributed by atoms with Crippen molar-refractivity contribution in [1.29, 1.82) is 0 Å². The van der Waals surface area contributed by atoms with Gasteiger partial charge in [0.1, 0.15) is 5.82 Å². The molecule has 1 aliphatic rings. The highest BCUT2D eigenvalue weighted by molar-refractivity contribution is 7.10. The largest absolute Gasteiger partial charge is 0.353 e. The van der Waals surface area contributed by atoms with Gasteiger partial charge >= 0.3 is 0 Å². The van der Waals surface area contributed by atoms with Gasteiger partial charge in [0, 0.05) is 22.3 Å². The molecule has 0 spiro atoms. The maximum atomic E-state index is 4.52. The Bertz CT molecular complexity index is 459. The van der Waals surface area contributed by atoms with Crippen LogP contribution in [-0.4, -0.2) is 9.36 Å². The summed E-state index contributed by atoms with van der Waals surface area (Å²) in [4.78, 5) is 5.86. The molecule has 1 unspecified atom stereocenters. The first-order valence-corrected chi connectivity index (χ1v) is 7.12. The maximum Gasteiger partial charge on any atom is 0.203 e. The number of anilines is 1. The molecule has 1 aliphatic carbocycles. The van der Waals surface area contributed by atoms with Gasteiger partial charge in [-0.05, 0) is 31.2 Å². The molecule has 1 N–H and O–H groups in total. The Morgan fingerprint density at radius 3 is 3.06 bits per heavy atom. The van der Waals surface area contributed by atoms with Crippen LogP contribution in [-0.2, 0) is 0 Å². The normalized spacial score (nSPS) is 17.3. The van der Waals surface area contributed by atoms with Crippen LogP contribution in [0, 0.1) is 0 Å². The van der Waals surface area contributed by atoms with E-state index in [0.29, 0.717) is 12.0 Å². The predicted octanol–water partition coefficient (Wildman–Crippen LogP) is 3.65. The van der Waals surface area contributed by atoms with E-state index >= 15 is 0 Å². The Labute approximate surface area is 103 Å². The van der Waals surface area contributed by atoms with Gasteiger partial charge in [-0.15, -0.1) is 11.3 Å². The van der Waals surface area contributed by atoms with Gasteiger partial charge in [-0.2, -0.15) is 4.37 Å². The lowest BCUT2D eigenvalue weighted by Crippen LogP contribution is -2.04. The van der Waals surface area contributed by atoms with E-state index in [1.807, 2.05) is 0 Å². The van der Waals surface area contributed by atoms with E-state index in [2.05, 4.69) is 39.1 Å². The van der Waals surface area contributed by atoms with Crippen LogP contribution in [0.15, 0.2) is 17.5 Å². The van der Waals surface area contributed by atoms with Crippen LogP contribution in [0.3, 0.4) is 0 Å². The number of nitrogens with zero attached hydrogens (tertiary/aromatic N) is 2. The average molecular weight is 251 g/mol. The molecule has 1 atom stereocenters. The molecule has 0 saturated heterocycles. The first-order chi connectivity index (χ1) is 7.83. The van der Waals surface area contributed by atoms with Gasteiger partial charge < -0.3 is 5.32 Å². The van der Waals surface area contributed by atoms with Crippen molar-refractivity contribution in [3.63, 3.8) is 0 Å². The highest BCUT2D eigenvalue weighted by Crippen LogP contribution is 2.39. The summed E-state index contributed by atoms with van der Waals surface area (Å²) in [6.07, 6.45) is 2.52. The molecule has 16 heavy (non-hydrogen) atoms. The highest BCUT2D eigenvalue weighted by atomic mass is 32.1. The van der Waals surface area contributed by atoms with Crippen molar-refractivity contribution in [3.8, 4) is 0 Å². The second-order valence-electron chi connectivity index (χ2n) is 4.11. The fourth-order valence-electron chi connectivity index (χ4n) is 1.59. The molecular formula is C11H13N3S2. The van der Waals surface area contributed by atoms with Crippen LogP contribution in [0.4, 0.5) is 5.13 Å². The molecule has 1 saturated carbocycles. The summed E-state index contributed by atoms with van der Waals surface area (Å²) in [5.41, 5.74) is 0. The zero-order valence-corrected chi connectivity index (χ0v) is 10.6. The SMILES string of the molecule is CC(Nc1nc(C2CC2)ns1)c1cccs1. The van der Waals surface area contributed by atoms with Crippen molar-refractivity contribution in [2.45, 2.75) is 31.7 Å². The molecule has 2 aromatic rings. The standard InChI is InChI=1S/C11H13N3S2/c1-7(9-3-2-6-15-9)12-11-13-10(14-16-11)8-4-5-8/h2-3,6-8H,4-5H2,1H3,(H,12,13,14). The molecule has 0 aliphatic heterocycles. The van der Waals surface area contributed by atoms with Crippen LogP contribution in [0.1, 0.15) is 42.4 Å². The first-order valence-electron chi connectivity index (χ1n) is 5.46. The Kier molecular flexibility index (Phi) is 2.65. The zero-order valence-electron chi connectivity index (χ0n) is 9.01. The van der Waals surface area contributed by atoms with E-state index in [9.17, 15) is 0 Å². The van der Waals surface area contributed by atoms with Gasteiger partial charge in [0.15, 0.2) is 0 Å². The zero-order chi connectivity index (χ0) is 11.0. The maximum absolute atomic E-state index is 4.52. The van der Waals surface area contributed by atoms with Gasteiger partial charge in [0.2, 0.25) is 5.13 Å². The summed E-state index contributed by atoms with van der Waals surface area (Å²) in [5, 5.41) is 6.45. The van der Waals surface area contributed by atoms with Crippen LogP contribution < -0.4 is 5.32 Å². The molecule has 0 radical (unpaired) electrons. The van der Waals surface area contributed by atoms with Gasteiger partial charge in [-0.25, -0.2) is 4.98 Å². The quantitative estimate of drug-likeness (QED) is 0.901. The lowest BCUT2D eigenvalue weighted by atomic mass is 10.3. The number of hydrogen-bond acceptors (Lipinski definition) is 5. The third kappa shape index (κ3) is 2.10. The van der Waals surface area contributed by atoms with E-state index in [0.717, 1.165) is 11.0 Å². The number of thiophene rings is 1. The van der Waals surface area contributed by atoms with Crippen molar-refractivity contribution < 1.29 is 0 Å². The fraction of sp³-hybridized carbons (Fsp3) is 0.455. The molecule has 3 rings (SSSR count). The van der Waals surface area contributed by atoms with Gasteiger partial charge in [0.25, 0.3) is 0 Å². The second kappa shape index (κ2) is 4.14. The number of nitrogens with one attached hydrogen (secondary N) is 1. The van der Waals surface area contributed by atoms with Crippen LogP contribution in [0.25, 0.3) is 0 Å². The fourth-order valence-corrected chi connectivity index (χ4v) is 3.06. The van der Waals surface area contributed by atoms with E-state index in [1.54, 1.807) is 11.3 Å². The molecule has 2 heterocycles. The van der Waals surface area contributed by atoms with Gasteiger partial charge in [-0.3, -0.25) is 0 Å². The molecule has 1 fully saturated rings. The summed E-state index contributed by atoms with van der Waals surface area (Å²) in [5.74, 6) is 1.68. The molecule has 0 aromatic carbocycles. The van der Waals surface area contributed by atoms with Crippen molar-refractivity contribution in [2.75, 3.05) is 5.32 Å². The number of hydrogen-bond donors (Lipinski definition) is 1. The van der Waals surface area contributed by atoms with Crippen molar-refractivity contribution >= 4 is 28.0 Å². The summed E-state index contributed by atoms with van der Waals surface area (Å²) in [6.45, 7) is 2.16. The van der Waals surface area contributed by atoms with Crippen molar-refractivity contribution in [1.82, 2.24) is 9.36 Å². The highest BCUT2D eigenvalue weighted by Gasteiger charge is 2.27. The Balaban J connectivity index is 1.68. The number of aromatic nitrogens is 2. The van der Waals surface area contributed by atoms with E-state index in [4.69, 9.17) is 0 Å². The van der Waals surface area contributed by atoms with Gasteiger partial charge in [0.05, 0.1) is 6.04 Å². The minimum atomic E-state index is 0.319. The van der Waals surface area contributed by atoms with Crippen molar-refractivity contribution in [2.24, 2.45) is 0 Å². The summed E-state index contributed by atoms with van der Waals surface area (Å²) in [6, 6.07) is 4.54. The number of rotatable bonds is 4. The monoisotopic (exact) mass is 251 g/mol. The molecule has 5 heteroatoms. The van der Waals surface area contributed by atoms with E-state index < -0.39 is 0 Å². The van der Waals surface area contributed by atoms with Crippen LogP contribution in [0.2, 0.25) is 0 Å². The van der Waals surface area contributed by atoms with Crippen LogP contribution >= 0.6 is 22.9 Å². The average Bonchev–Trinajstić information content (AvgIpc) is 2.82. The molecule has 3 nitrogen and oxygen atoms in total. The summed E-state index contributed by atoms with van der Waals surface area (Å²) < 4.78 is 4.38. The predicted molar refractivity (Wildman–Crippen MR) is 68.2 cm³/mol. The van der Waals surface area contributed by atoms with E-state index in [1.165, 1.54) is 29.3 Å². The molecule has 2 aromatic heterocycles. The topological polar surface area (TPSA) is 37.8 Å². The minimum Gasteiger partial charge on any atom is -0.353 e. The van der Waals surface area contributed by atoms with Crippen molar-refractivity contribution in [3.05, 3.63) is 28.2 Å². The molecule has 84 valence electrons. The smallest absolute Gasteiger partial charge is 0.203 e. The third-order valence-corrected chi connectivity index (χ3v) is 4.41. The first kappa shape index (κ1) is 10.2. The second-order valence-corrected chi connectivity index (χ2v) is 5.84. The lowest BCUT2D eigenvalue weighted by molar-refractivity contribution is 0.895. The molecular weight excluding hydrogens is 238 g/mol. The lowest BCUT2D eigenvalue weighted by Gasteiger charge is -2.09. The summed E-state index contributed by atoms with van der Waals surface area (Å²) >= 11 is 3.25. The molecule has 0 amide bonds. The molecule has 0 bridgehead atoms. The Morgan fingerprint density at radius 1 is 1.50 bits per heavy atom. The Hall–Kier alpha value is -0.940. The van der Waals surface area contributed by atoms with E-state index in [-0.39, 0.29) is 0 Å². The minimum absolute atomic E-state index is 0.319. The Morgan fingerprint density at radius 2 is 2.38 bits per heavy atom. The van der Waals surface area contributed by atoms with Gasteiger partial charge in [-0.1, -0.05) is 6.07 Å². The van der Waals surface area contributed by atoms with Crippen LogP contribution in [0.5, 0.6) is 0 Å².